The molecule has 0 atom stereocenters. The first kappa shape index (κ1) is 16.4. The van der Waals surface area contributed by atoms with Crippen molar-refractivity contribution < 1.29 is 19.1 Å². The van der Waals surface area contributed by atoms with Gasteiger partial charge in [0.05, 0.1) is 6.67 Å². The van der Waals surface area contributed by atoms with Crippen LogP contribution in [0, 0.1) is 5.92 Å². The van der Waals surface area contributed by atoms with Gasteiger partial charge in [0.1, 0.15) is 13.2 Å². The summed E-state index contributed by atoms with van der Waals surface area (Å²) in [5, 5.41) is 0. The lowest BCUT2D eigenvalue weighted by Gasteiger charge is -2.34. The molecule has 3 aliphatic heterocycles. The Hall–Kier alpha value is -2.08. The SMILES string of the molecule is O=C(c1ccc2c(c1)OCCO2)C1CCN(CN2CCCC2=O)CC1. The van der Waals surface area contributed by atoms with E-state index in [0.29, 0.717) is 43.4 Å². The van der Waals surface area contributed by atoms with Gasteiger partial charge >= 0.3 is 0 Å². The summed E-state index contributed by atoms with van der Waals surface area (Å²) in [6.45, 7) is 4.39. The quantitative estimate of drug-likeness (QED) is 0.781. The predicted molar refractivity (Wildman–Crippen MR) is 91.9 cm³/mol. The number of fused-ring (bicyclic) bond motifs is 1. The van der Waals surface area contributed by atoms with E-state index in [-0.39, 0.29) is 17.6 Å². The van der Waals surface area contributed by atoms with Crippen LogP contribution in [-0.4, -0.2) is 61.0 Å². The number of carbonyl (C=O) groups is 2. The van der Waals surface area contributed by atoms with E-state index in [4.69, 9.17) is 9.47 Å². The van der Waals surface area contributed by atoms with Gasteiger partial charge in [0.15, 0.2) is 17.3 Å². The molecule has 1 aromatic rings. The second-order valence-corrected chi connectivity index (χ2v) is 7.02. The Labute approximate surface area is 147 Å². The number of Topliss-reactive ketones (excluding diaryl/α,β-unsaturated/α-hetero) is 1. The van der Waals surface area contributed by atoms with Gasteiger partial charge in [-0.05, 0) is 37.5 Å². The van der Waals surface area contributed by atoms with Crippen LogP contribution in [0.15, 0.2) is 18.2 Å². The summed E-state index contributed by atoms with van der Waals surface area (Å²) < 4.78 is 11.1. The maximum Gasteiger partial charge on any atom is 0.223 e. The lowest BCUT2D eigenvalue weighted by molar-refractivity contribution is -0.129. The highest BCUT2D eigenvalue weighted by molar-refractivity contribution is 5.98. The van der Waals surface area contributed by atoms with Gasteiger partial charge in [-0.25, -0.2) is 0 Å². The molecule has 0 spiro atoms. The number of hydrogen-bond donors (Lipinski definition) is 0. The minimum Gasteiger partial charge on any atom is -0.486 e. The third-order valence-electron chi connectivity index (χ3n) is 5.33. The molecule has 2 fully saturated rings. The first-order valence-electron chi connectivity index (χ1n) is 9.15. The Morgan fingerprint density at radius 1 is 1.08 bits per heavy atom. The smallest absolute Gasteiger partial charge is 0.223 e. The lowest BCUT2D eigenvalue weighted by Crippen LogP contribution is -2.43. The fourth-order valence-electron chi connectivity index (χ4n) is 3.86. The largest absolute Gasteiger partial charge is 0.486 e. The van der Waals surface area contributed by atoms with Crippen LogP contribution in [-0.2, 0) is 4.79 Å². The lowest BCUT2D eigenvalue weighted by atomic mass is 9.89. The molecule has 0 N–H and O–H groups in total. The van der Waals surface area contributed by atoms with E-state index in [9.17, 15) is 9.59 Å². The molecule has 0 aliphatic carbocycles. The molecular weight excluding hydrogens is 320 g/mol. The van der Waals surface area contributed by atoms with Gasteiger partial charge in [0.2, 0.25) is 5.91 Å². The van der Waals surface area contributed by atoms with Crippen molar-refractivity contribution in [3.8, 4) is 11.5 Å². The number of nitrogens with zero attached hydrogens (tertiary/aromatic N) is 2. The Bertz CT molecular complexity index is 667. The molecule has 25 heavy (non-hydrogen) atoms. The molecule has 1 aromatic carbocycles. The van der Waals surface area contributed by atoms with Gasteiger partial charge in [-0.2, -0.15) is 0 Å². The van der Waals surface area contributed by atoms with Crippen molar-refractivity contribution in [2.45, 2.75) is 25.7 Å². The summed E-state index contributed by atoms with van der Waals surface area (Å²) in [7, 11) is 0. The van der Waals surface area contributed by atoms with E-state index in [2.05, 4.69) is 4.90 Å². The van der Waals surface area contributed by atoms with Gasteiger partial charge in [-0.1, -0.05) is 0 Å². The Morgan fingerprint density at radius 2 is 1.84 bits per heavy atom. The minimum absolute atomic E-state index is 0.0492. The maximum absolute atomic E-state index is 12.8. The molecule has 2 saturated heterocycles. The molecule has 1 amide bonds. The summed E-state index contributed by atoms with van der Waals surface area (Å²) in [4.78, 5) is 28.8. The maximum atomic E-state index is 12.8. The Balaban J connectivity index is 1.34. The molecule has 4 rings (SSSR count). The van der Waals surface area contributed by atoms with Crippen molar-refractivity contribution in [3.05, 3.63) is 23.8 Å². The zero-order chi connectivity index (χ0) is 17.2. The average molecular weight is 344 g/mol. The van der Waals surface area contributed by atoms with Crippen LogP contribution in [0.25, 0.3) is 0 Å². The molecule has 0 aromatic heterocycles. The van der Waals surface area contributed by atoms with Crippen molar-refractivity contribution in [3.63, 3.8) is 0 Å². The number of piperidine rings is 1. The predicted octanol–water partition coefficient (Wildman–Crippen LogP) is 1.93. The Morgan fingerprint density at radius 3 is 2.56 bits per heavy atom. The van der Waals surface area contributed by atoms with Gasteiger partial charge < -0.3 is 14.4 Å². The summed E-state index contributed by atoms with van der Waals surface area (Å²) >= 11 is 0. The number of amides is 1. The van der Waals surface area contributed by atoms with E-state index < -0.39 is 0 Å². The first-order valence-corrected chi connectivity index (χ1v) is 9.15. The normalized spacial score (nSPS) is 21.6. The fraction of sp³-hybridized carbons (Fsp3) is 0.579. The zero-order valence-corrected chi connectivity index (χ0v) is 14.4. The number of ether oxygens (including phenoxy) is 2. The second-order valence-electron chi connectivity index (χ2n) is 7.02. The minimum atomic E-state index is 0.0492. The van der Waals surface area contributed by atoms with E-state index in [1.807, 2.05) is 23.1 Å². The number of hydrogen-bond acceptors (Lipinski definition) is 5. The summed E-state index contributed by atoms with van der Waals surface area (Å²) in [5.41, 5.74) is 0.706. The van der Waals surface area contributed by atoms with Gasteiger partial charge in [-0.15, -0.1) is 0 Å². The summed E-state index contributed by atoms with van der Waals surface area (Å²) in [5.74, 6) is 1.88. The molecule has 0 radical (unpaired) electrons. The fourth-order valence-corrected chi connectivity index (χ4v) is 3.86. The van der Waals surface area contributed by atoms with Crippen LogP contribution in [0.3, 0.4) is 0 Å². The van der Waals surface area contributed by atoms with Crippen LogP contribution in [0.5, 0.6) is 11.5 Å². The highest BCUT2D eigenvalue weighted by atomic mass is 16.6. The van der Waals surface area contributed by atoms with Crippen LogP contribution in [0.2, 0.25) is 0 Å². The number of carbonyl (C=O) groups excluding carboxylic acids is 2. The molecule has 3 heterocycles. The monoisotopic (exact) mass is 344 g/mol. The van der Waals surface area contributed by atoms with Gasteiger partial charge in [-0.3, -0.25) is 14.5 Å². The molecule has 6 nitrogen and oxygen atoms in total. The van der Waals surface area contributed by atoms with Gasteiger partial charge in [0.25, 0.3) is 0 Å². The van der Waals surface area contributed by atoms with Crippen molar-refractivity contribution in [2.75, 3.05) is 39.5 Å². The topological polar surface area (TPSA) is 59.1 Å². The summed E-state index contributed by atoms with van der Waals surface area (Å²) in [6.07, 6.45) is 3.33. The van der Waals surface area contributed by atoms with E-state index >= 15 is 0 Å². The standard InChI is InChI=1S/C19H24N2O4/c22-18-2-1-7-21(18)13-20-8-5-14(6-9-20)19(23)15-3-4-16-17(12-15)25-11-10-24-16/h3-4,12,14H,1-2,5-11,13H2. The second kappa shape index (κ2) is 7.04. The molecule has 3 aliphatic rings. The Kier molecular flexibility index (Phi) is 4.61. The van der Waals surface area contributed by atoms with E-state index in [1.54, 1.807) is 0 Å². The van der Waals surface area contributed by atoms with Crippen LogP contribution in [0.1, 0.15) is 36.0 Å². The van der Waals surface area contributed by atoms with Crippen LogP contribution < -0.4 is 9.47 Å². The van der Waals surface area contributed by atoms with Crippen molar-refractivity contribution >= 4 is 11.7 Å². The van der Waals surface area contributed by atoms with Crippen molar-refractivity contribution in [1.82, 2.24) is 9.80 Å². The van der Waals surface area contributed by atoms with Crippen molar-refractivity contribution in [1.29, 1.82) is 0 Å². The van der Waals surface area contributed by atoms with Crippen LogP contribution >= 0.6 is 0 Å². The molecule has 0 unspecified atom stereocenters. The molecule has 6 heteroatoms. The third kappa shape index (κ3) is 3.49. The third-order valence-corrected chi connectivity index (χ3v) is 5.33. The highest BCUT2D eigenvalue weighted by Crippen LogP contribution is 2.32. The average Bonchev–Trinajstić information content (AvgIpc) is 3.06. The molecule has 134 valence electrons. The molecular formula is C19H24N2O4. The number of ketones is 1. The zero-order valence-electron chi connectivity index (χ0n) is 14.4. The van der Waals surface area contributed by atoms with E-state index in [1.165, 1.54) is 0 Å². The van der Waals surface area contributed by atoms with Crippen molar-refractivity contribution in [2.24, 2.45) is 5.92 Å². The summed E-state index contributed by atoms with van der Waals surface area (Å²) in [6, 6.07) is 5.48. The molecule has 0 bridgehead atoms. The number of likely N-dealkylation sites (tertiary alicyclic amines) is 2. The first-order chi connectivity index (χ1) is 12.2. The van der Waals surface area contributed by atoms with Gasteiger partial charge in [0, 0.05) is 37.5 Å². The number of benzene rings is 1. The highest BCUT2D eigenvalue weighted by Gasteiger charge is 2.29. The molecule has 0 saturated carbocycles. The number of rotatable bonds is 4. The van der Waals surface area contributed by atoms with Crippen LogP contribution in [0.4, 0.5) is 0 Å². The van der Waals surface area contributed by atoms with E-state index in [0.717, 1.165) is 38.9 Å².